The van der Waals surface area contributed by atoms with Crippen molar-refractivity contribution in [1.82, 2.24) is 0 Å². The van der Waals surface area contributed by atoms with E-state index < -0.39 is 60.6 Å². The molecule has 0 amide bonds. The van der Waals surface area contributed by atoms with Gasteiger partial charge >= 0.3 is 46.6 Å². The summed E-state index contributed by atoms with van der Waals surface area (Å²) in [4.78, 5) is 42.5. The molecule has 0 fully saturated rings. The van der Waals surface area contributed by atoms with Crippen molar-refractivity contribution in [2.45, 2.75) is 36.8 Å². The quantitative estimate of drug-likeness (QED) is 0.355. The van der Waals surface area contributed by atoms with Crippen molar-refractivity contribution in [3.05, 3.63) is 0 Å². The molecular weight excluding hydrogens is 371 g/mol. The van der Waals surface area contributed by atoms with Gasteiger partial charge in [0, 0.05) is 60.6 Å². The number of carbonyl (C=O) groups excluding carboxylic acids is 4. The van der Waals surface area contributed by atoms with Gasteiger partial charge in [0.25, 0.3) is 0 Å². The predicted octanol–water partition coefficient (Wildman–Crippen LogP) is -10.9. The Balaban J connectivity index is -0.000000602. The normalized spacial score (nSPS) is 10.3. The Morgan fingerprint density at radius 2 is 0.783 bits per heavy atom. The van der Waals surface area contributed by atoms with E-state index in [0.29, 0.717) is 0 Å². The van der Waals surface area contributed by atoms with Crippen molar-refractivity contribution in [2.75, 3.05) is 0 Å². The number of aliphatic carboxylic acids is 4. The first-order chi connectivity index (χ1) is 8.92. The molecule has 0 aliphatic heterocycles. The van der Waals surface area contributed by atoms with E-state index in [1.165, 1.54) is 0 Å². The molecule has 0 aromatic carbocycles. The molecule has 23 heavy (non-hydrogen) atoms. The summed E-state index contributed by atoms with van der Waals surface area (Å²) in [6.45, 7) is 0. The second kappa shape index (κ2) is 11.8. The standard InChI is InChI=1S/C10H16N2O8.Fe.Na.H2O/c11-9(1-5(13)14,2-6(15)16)10(12,3-7(17)18)4-8(19)20;;;/h1-4,11-12H2,(H,13,14)(H,15,16)(H,17,18)(H,19,20);;;1H2/q;+3;+1;/p-4. The van der Waals surface area contributed by atoms with Crippen LogP contribution in [-0.2, 0) is 36.2 Å². The zero-order valence-corrected chi connectivity index (χ0v) is 15.2. The summed E-state index contributed by atoms with van der Waals surface area (Å²) < 4.78 is 0. The monoisotopic (exact) mass is 385 g/mol. The van der Waals surface area contributed by atoms with E-state index in [2.05, 4.69) is 0 Å². The average molecular weight is 385 g/mol. The van der Waals surface area contributed by atoms with Gasteiger partial charge in [0.05, 0.1) is 0 Å². The second-order valence-corrected chi connectivity index (χ2v) is 4.51. The first-order valence-electron chi connectivity index (χ1n) is 5.29. The number of nitrogens with two attached hydrogens (primary N) is 2. The van der Waals surface area contributed by atoms with E-state index in [0.717, 1.165) is 0 Å². The van der Waals surface area contributed by atoms with Crippen molar-refractivity contribution >= 4 is 23.9 Å². The molecule has 0 spiro atoms. The fourth-order valence-corrected chi connectivity index (χ4v) is 1.86. The fourth-order valence-electron chi connectivity index (χ4n) is 1.86. The smallest absolute Gasteiger partial charge is 0.550 e. The second-order valence-electron chi connectivity index (χ2n) is 4.51. The van der Waals surface area contributed by atoms with Crippen LogP contribution in [0.25, 0.3) is 0 Å². The predicted molar refractivity (Wildman–Crippen MR) is 55.9 cm³/mol. The summed E-state index contributed by atoms with van der Waals surface area (Å²) in [6.07, 6.45) is -4.73. The zero-order valence-electron chi connectivity index (χ0n) is 12.1. The van der Waals surface area contributed by atoms with Crippen LogP contribution >= 0.6 is 0 Å². The SMILES string of the molecule is NC(CC(=O)[O-])(CC(=O)[O-])C(N)(CC(=O)[O-])CC(=O)[O-].O.[Fe+3].[Na+]. The van der Waals surface area contributed by atoms with Crippen molar-refractivity contribution in [3.63, 3.8) is 0 Å². The van der Waals surface area contributed by atoms with Gasteiger partial charge in [-0.1, -0.05) is 0 Å². The summed E-state index contributed by atoms with van der Waals surface area (Å²) in [5.41, 5.74) is 6.20. The van der Waals surface area contributed by atoms with Crippen molar-refractivity contribution in [3.8, 4) is 0 Å². The van der Waals surface area contributed by atoms with Crippen LogP contribution in [0.15, 0.2) is 0 Å². The third-order valence-corrected chi connectivity index (χ3v) is 2.83. The maximum Gasteiger partial charge on any atom is 3.00 e. The summed E-state index contributed by atoms with van der Waals surface area (Å²) in [5.74, 6) is -7.33. The fraction of sp³-hybridized carbons (Fsp3) is 0.600. The van der Waals surface area contributed by atoms with Gasteiger partial charge in [-0.2, -0.15) is 0 Å². The molecule has 0 aliphatic carbocycles. The number of hydrogen-bond acceptors (Lipinski definition) is 10. The molecule has 0 saturated carbocycles. The van der Waals surface area contributed by atoms with Crippen LogP contribution in [-0.4, -0.2) is 40.4 Å². The van der Waals surface area contributed by atoms with E-state index in [9.17, 15) is 39.6 Å². The molecule has 6 N–H and O–H groups in total. The van der Waals surface area contributed by atoms with Crippen LogP contribution in [0, 0.1) is 0 Å². The van der Waals surface area contributed by atoms with E-state index >= 15 is 0 Å². The van der Waals surface area contributed by atoms with Crippen molar-refractivity contribution < 1.29 is 91.7 Å². The molecule has 0 rings (SSSR count). The first-order valence-corrected chi connectivity index (χ1v) is 5.29. The number of carboxylic acid groups (broad SMARTS) is 4. The van der Waals surface area contributed by atoms with Gasteiger partial charge in [-0.3, -0.25) is 0 Å². The molecule has 13 heteroatoms. The molecule has 0 aliphatic rings. The Hall–Kier alpha value is -0.721. The zero-order chi connectivity index (χ0) is 16.1. The van der Waals surface area contributed by atoms with Crippen molar-refractivity contribution in [2.24, 2.45) is 11.5 Å². The molecule has 0 unspecified atom stereocenters. The summed E-state index contributed by atoms with van der Waals surface area (Å²) in [5, 5.41) is 42.5. The number of rotatable bonds is 9. The molecule has 0 atom stereocenters. The minimum Gasteiger partial charge on any atom is -0.550 e. The van der Waals surface area contributed by atoms with Crippen molar-refractivity contribution in [1.29, 1.82) is 0 Å². The van der Waals surface area contributed by atoms with Crippen LogP contribution in [0.4, 0.5) is 0 Å². The van der Waals surface area contributed by atoms with Gasteiger partial charge in [-0.25, -0.2) is 0 Å². The van der Waals surface area contributed by atoms with Gasteiger partial charge < -0.3 is 56.5 Å². The number of carboxylic acids is 4. The molecular formula is C10H14FeN2NaO9. The average Bonchev–Trinajstić information content (AvgIpc) is 2.10. The minimum absolute atomic E-state index is 0. The van der Waals surface area contributed by atoms with Gasteiger partial charge in [0.1, 0.15) is 0 Å². The maximum atomic E-state index is 10.6. The molecule has 0 bridgehead atoms. The third-order valence-electron chi connectivity index (χ3n) is 2.83. The molecule has 0 saturated heterocycles. The number of hydrogen-bond donors (Lipinski definition) is 2. The van der Waals surface area contributed by atoms with Gasteiger partial charge in [-0.15, -0.1) is 0 Å². The van der Waals surface area contributed by atoms with Gasteiger partial charge in [0.15, 0.2) is 0 Å². The Kier molecular flexibility index (Phi) is 15.4. The summed E-state index contributed by atoms with van der Waals surface area (Å²) >= 11 is 0. The summed E-state index contributed by atoms with van der Waals surface area (Å²) in [6, 6.07) is 0. The molecule has 0 heterocycles. The third kappa shape index (κ3) is 9.89. The van der Waals surface area contributed by atoms with Crippen LogP contribution in [0.5, 0.6) is 0 Å². The van der Waals surface area contributed by atoms with E-state index in [1.807, 2.05) is 0 Å². The molecule has 1 radical (unpaired) electrons. The minimum atomic E-state index is -2.43. The van der Waals surface area contributed by atoms with Gasteiger partial charge in [-0.05, 0) is 0 Å². The van der Waals surface area contributed by atoms with Crippen LogP contribution in [0.1, 0.15) is 25.7 Å². The molecule has 0 aromatic heterocycles. The Bertz CT molecular complexity index is 374. The number of carbonyl (C=O) groups is 4. The van der Waals surface area contributed by atoms with Crippen LogP contribution in [0.2, 0.25) is 0 Å². The largest absolute Gasteiger partial charge is 3.00 e. The van der Waals surface area contributed by atoms with Crippen LogP contribution < -0.4 is 61.5 Å². The Morgan fingerprint density at radius 3 is 0.870 bits per heavy atom. The molecule has 127 valence electrons. The van der Waals surface area contributed by atoms with Gasteiger partial charge in [0.2, 0.25) is 0 Å². The topological polar surface area (TPSA) is 244 Å². The molecule has 11 nitrogen and oxygen atoms in total. The first kappa shape index (κ1) is 30.2. The Labute approximate surface area is 163 Å². The van der Waals surface area contributed by atoms with E-state index in [1.54, 1.807) is 0 Å². The van der Waals surface area contributed by atoms with E-state index in [-0.39, 0.29) is 52.1 Å². The van der Waals surface area contributed by atoms with Crippen LogP contribution in [0.3, 0.4) is 0 Å². The summed E-state index contributed by atoms with van der Waals surface area (Å²) in [7, 11) is 0. The maximum absolute atomic E-state index is 10.6. The van der Waals surface area contributed by atoms with E-state index in [4.69, 9.17) is 11.5 Å². The molecule has 0 aromatic rings. The Morgan fingerprint density at radius 1 is 0.652 bits per heavy atom.